The Kier molecular flexibility index (Phi) is 4.44. The van der Waals surface area contributed by atoms with Gasteiger partial charge in [-0.1, -0.05) is 17.7 Å². The number of hydrogen-bond acceptors (Lipinski definition) is 4. The molecular weight excluding hydrogens is 342 g/mol. The monoisotopic (exact) mass is 361 g/mol. The Morgan fingerprint density at radius 2 is 2.00 bits per heavy atom. The first-order valence-electron chi connectivity index (χ1n) is 8.53. The molecule has 4 atom stereocenters. The van der Waals surface area contributed by atoms with Crippen LogP contribution in [0.4, 0.5) is 0 Å². The van der Waals surface area contributed by atoms with E-state index in [1.54, 1.807) is 24.3 Å². The third-order valence-electron chi connectivity index (χ3n) is 5.19. The number of ether oxygens (including phenoxy) is 1. The highest BCUT2D eigenvalue weighted by Gasteiger charge is 2.44. The van der Waals surface area contributed by atoms with Gasteiger partial charge in [-0.05, 0) is 55.0 Å². The zero-order valence-corrected chi connectivity index (χ0v) is 14.4. The summed E-state index contributed by atoms with van der Waals surface area (Å²) in [6.45, 7) is 1.33. The lowest BCUT2D eigenvalue weighted by molar-refractivity contribution is -0.0231. The highest BCUT2D eigenvalue weighted by atomic mass is 35.5. The van der Waals surface area contributed by atoms with Crippen molar-refractivity contribution in [3.05, 3.63) is 53.4 Å². The van der Waals surface area contributed by atoms with Gasteiger partial charge in [0.2, 0.25) is 0 Å². The van der Waals surface area contributed by atoms with Crippen molar-refractivity contribution in [1.82, 2.24) is 4.90 Å². The molecule has 1 aliphatic heterocycles. The third kappa shape index (κ3) is 3.39. The summed E-state index contributed by atoms with van der Waals surface area (Å²) in [5.41, 5.74) is 0. The number of furan rings is 1. The number of carbonyl (C=O) groups is 1. The van der Waals surface area contributed by atoms with Crippen molar-refractivity contribution < 1.29 is 19.1 Å². The van der Waals surface area contributed by atoms with E-state index in [2.05, 4.69) is 0 Å². The fourth-order valence-corrected chi connectivity index (χ4v) is 4.13. The molecule has 1 aromatic carbocycles. The van der Waals surface area contributed by atoms with E-state index in [0.29, 0.717) is 47.9 Å². The van der Waals surface area contributed by atoms with Gasteiger partial charge in [0, 0.05) is 18.1 Å². The van der Waals surface area contributed by atoms with Crippen molar-refractivity contribution in [3.8, 4) is 5.75 Å². The molecule has 2 fully saturated rings. The fraction of sp³-hybridized carbons (Fsp3) is 0.421. The third-order valence-corrected chi connectivity index (χ3v) is 5.42. The standard InChI is InChI=1S/C19H20ClNO4/c20-14-3-1-4-15(9-14)25-18-8-13-11-21(10-12(13)7-16(18)22)19(23)17-5-2-6-24-17/h1-6,9,12-13,16,18,22H,7-8,10-11H2/t12-,13+,16+,18+/m0/s1. The molecule has 6 heteroatoms. The first kappa shape index (κ1) is 16.5. The number of benzene rings is 1. The summed E-state index contributed by atoms with van der Waals surface area (Å²) in [7, 11) is 0. The summed E-state index contributed by atoms with van der Waals surface area (Å²) in [5.74, 6) is 1.57. The second kappa shape index (κ2) is 6.73. The van der Waals surface area contributed by atoms with Crippen LogP contribution in [0.3, 0.4) is 0 Å². The predicted molar refractivity (Wildman–Crippen MR) is 92.7 cm³/mol. The smallest absolute Gasteiger partial charge is 0.289 e. The zero-order valence-electron chi connectivity index (χ0n) is 13.7. The van der Waals surface area contributed by atoms with Crippen molar-refractivity contribution in [2.45, 2.75) is 25.0 Å². The molecule has 4 rings (SSSR count). The molecule has 132 valence electrons. The molecule has 1 saturated carbocycles. The van der Waals surface area contributed by atoms with Crippen LogP contribution >= 0.6 is 11.6 Å². The second-order valence-electron chi connectivity index (χ2n) is 6.86. The molecule has 1 saturated heterocycles. The predicted octanol–water partition coefficient (Wildman–Crippen LogP) is 3.22. The first-order chi connectivity index (χ1) is 12.1. The zero-order chi connectivity index (χ0) is 17.4. The number of carbonyl (C=O) groups excluding carboxylic acids is 1. The van der Waals surface area contributed by atoms with Crippen LogP contribution < -0.4 is 4.74 Å². The van der Waals surface area contributed by atoms with Gasteiger partial charge in [-0.3, -0.25) is 4.79 Å². The van der Waals surface area contributed by atoms with Crippen molar-refractivity contribution >= 4 is 17.5 Å². The molecule has 2 heterocycles. The maximum absolute atomic E-state index is 12.5. The topological polar surface area (TPSA) is 62.9 Å². The molecule has 1 N–H and O–H groups in total. The van der Waals surface area contributed by atoms with E-state index in [0.717, 1.165) is 6.42 Å². The Morgan fingerprint density at radius 3 is 2.72 bits per heavy atom. The molecule has 5 nitrogen and oxygen atoms in total. The van der Waals surface area contributed by atoms with E-state index in [1.807, 2.05) is 17.0 Å². The molecule has 1 amide bonds. The summed E-state index contributed by atoms with van der Waals surface area (Å²) < 4.78 is 11.2. The van der Waals surface area contributed by atoms with E-state index < -0.39 is 6.10 Å². The van der Waals surface area contributed by atoms with Crippen molar-refractivity contribution in [1.29, 1.82) is 0 Å². The molecule has 0 spiro atoms. The van der Waals surface area contributed by atoms with Gasteiger partial charge >= 0.3 is 0 Å². The van der Waals surface area contributed by atoms with Gasteiger partial charge in [0.25, 0.3) is 5.91 Å². The summed E-state index contributed by atoms with van der Waals surface area (Å²) in [4.78, 5) is 14.3. The maximum atomic E-state index is 12.5. The largest absolute Gasteiger partial charge is 0.488 e. The quantitative estimate of drug-likeness (QED) is 0.911. The lowest BCUT2D eigenvalue weighted by Crippen LogP contribution is -2.42. The summed E-state index contributed by atoms with van der Waals surface area (Å²) >= 11 is 6.00. The van der Waals surface area contributed by atoms with Gasteiger partial charge < -0.3 is 19.2 Å². The van der Waals surface area contributed by atoms with E-state index >= 15 is 0 Å². The van der Waals surface area contributed by atoms with E-state index in [9.17, 15) is 9.90 Å². The van der Waals surface area contributed by atoms with Crippen LogP contribution in [0.2, 0.25) is 5.02 Å². The van der Waals surface area contributed by atoms with Gasteiger partial charge in [0.1, 0.15) is 11.9 Å². The minimum absolute atomic E-state index is 0.0822. The average molecular weight is 362 g/mol. The molecule has 25 heavy (non-hydrogen) atoms. The number of hydrogen-bond donors (Lipinski definition) is 1. The Balaban J connectivity index is 1.42. The van der Waals surface area contributed by atoms with Crippen LogP contribution in [0.5, 0.6) is 5.75 Å². The number of halogens is 1. The minimum Gasteiger partial charge on any atom is -0.488 e. The SMILES string of the molecule is O=C(c1ccco1)N1C[C@H]2C[C@@H](Oc3cccc(Cl)c3)[C@H](O)C[C@H]2C1. The Morgan fingerprint density at radius 1 is 1.20 bits per heavy atom. The van der Waals surface area contributed by atoms with Crippen molar-refractivity contribution in [3.63, 3.8) is 0 Å². The average Bonchev–Trinajstić information content (AvgIpc) is 3.24. The van der Waals surface area contributed by atoms with E-state index in [-0.39, 0.29) is 12.0 Å². The normalized spacial score (nSPS) is 28.6. The number of amides is 1. The number of aliphatic hydroxyl groups is 1. The van der Waals surface area contributed by atoms with E-state index in [4.69, 9.17) is 20.8 Å². The van der Waals surface area contributed by atoms with Crippen LogP contribution in [0, 0.1) is 11.8 Å². The molecule has 0 bridgehead atoms. The van der Waals surface area contributed by atoms with Gasteiger partial charge in [-0.25, -0.2) is 0 Å². The molecule has 2 aromatic rings. The van der Waals surface area contributed by atoms with E-state index in [1.165, 1.54) is 6.26 Å². The lowest BCUT2D eigenvalue weighted by Gasteiger charge is -2.35. The Hall–Kier alpha value is -1.98. The summed E-state index contributed by atoms with van der Waals surface area (Å²) in [6.07, 6.45) is 2.05. The summed E-state index contributed by atoms with van der Waals surface area (Å²) in [6, 6.07) is 10.6. The van der Waals surface area contributed by atoms with Crippen LogP contribution in [-0.4, -0.2) is 41.2 Å². The van der Waals surface area contributed by atoms with Gasteiger partial charge in [-0.2, -0.15) is 0 Å². The van der Waals surface area contributed by atoms with Crippen molar-refractivity contribution in [2.75, 3.05) is 13.1 Å². The number of rotatable bonds is 3. The molecule has 0 radical (unpaired) electrons. The minimum atomic E-state index is -0.543. The highest BCUT2D eigenvalue weighted by Crippen LogP contribution is 2.38. The number of fused-ring (bicyclic) bond motifs is 1. The number of nitrogens with zero attached hydrogens (tertiary/aromatic N) is 1. The van der Waals surface area contributed by atoms with Gasteiger partial charge in [0.15, 0.2) is 5.76 Å². The number of aliphatic hydroxyl groups excluding tert-OH is 1. The molecule has 2 aliphatic rings. The Bertz CT molecular complexity index is 748. The highest BCUT2D eigenvalue weighted by molar-refractivity contribution is 6.30. The second-order valence-corrected chi connectivity index (χ2v) is 7.30. The fourth-order valence-electron chi connectivity index (χ4n) is 3.95. The van der Waals surface area contributed by atoms with Crippen LogP contribution in [0.1, 0.15) is 23.4 Å². The molecule has 1 aliphatic carbocycles. The maximum Gasteiger partial charge on any atom is 0.289 e. The first-order valence-corrected chi connectivity index (χ1v) is 8.91. The van der Waals surface area contributed by atoms with Crippen LogP contribution in [0.15, 0.2) is 47.1 Å². The molecule has 1 aromatic heterocycles. The van der Waals surface area contributed by atoms with Crippen LogP contribution in [-0.2, 0) is 0 Å². The van der Waals surface area contributed by atoms with Gasteiger partial charge in [-0.15, -0.1) is 0 Å². The number of likely N-dealkylation sites (tertiary alicyclic amines) is 1. The Labute approximate surface area is 151 Å². The van der Waals surface area contributed by atoms with Crippen LogP contribution in [0.25, 0.3) is 0 Å². The molecular formula is C19H20ClNO4. The summed E-state index contributed by atoms with van der Waals surface area (Å²) in [5, 5.41) is 11.1. The van der Waals surface area contributed by atoms with Gasteiger partial charge in [0.05, 0.1) is 12.4 Å². The van der Waals surface area contributed by atoms with Crippen molar-refractivity contribution in [2.24, 2.45) is 11.8 Å². The lowest BCUT2D eigenvalue weighted by atomic mass is 9.78. The molecule has 0 unspecified atom stereocenters.